The van der Waals surface area contributed by atoms with Gasteiger partial charge in [-0.05, 0) is 37.1 Å². The number of likely N-dealkylation sites (tertiary alicyclic amines) is 1. The molecule has 6 nitrogen and oxygen atoms in total. The predicted octanol–water partition coefficient (Wildman–Crippen LogP) is 1.34. The molecule has 1 atom stereocenters. The number of rotatable bonds is 5. The fourth-order valence-electron chi connectivity index (χ4n) is 3.32. The third-order valence-corrected chi connectivity index (χ3v) is 4.55. The van der Waals surface area contributed by atoms with Crippen molar-refractivity contribution in [3.63, 3.8) is 0 Å². The largest absolute Gasteiger partial charge is 0.388 e. The Kier molecular flexibility index (Phi) is 4.97. The molecule has 3 rings (SSSR count). The van der Waals surface area contributed by atoms with Crippen LogP contribution < -0.4 is 5.32 Å². The first-order chi connectivity index (χ1) is 11.6. The number of nitrogens with one attached hydrogen (secondary N) is 1. The standard InChI is InChI=1S/C18H24N4O2/c1-19-17(23)11-18(24)7-2-9-21(13-18)12-15-3-5-16(6-4-15)22-10-8-20-14-22/h3-6,8,10,14,24H,2,7,9,11-13H2,1H3,(H,19,23). The average molecular weight is 328 g/mol. The van der Waals surface area contributed by atoms with Crippen molar-refractivity contribution in [2.24, 2.45) is 0 Å². The molecule has 0 saturated carbocycles. The normalized spacial score (nSPS) is 21.6. The highest BCUT2D eigenvalue weighted by molar-refractivity contribution is 5.76. The molecule has 128 valence electrons. The molecule has 2 aromatic rings. The van der Waals surface area contributed by atoms with E-state index >= 15 is 0 Å². The second-order valence-electron chi connectivity index (χ2n) is 6.52. The van der Waals surface area contributed by atoms with Gasteiger partial charge in [0.2, 0.25) is 5.91 Å². The first-order valence-electron chi connectivity index (χ1n) is 8.31. The van der Waals surface area contributed by atoms with E-state index in [1.807, 2.05) is 10.8 Å². The third-order valence-electron chi connectivity index (χ3n) is 4.55. The molecule has 2 heterocycles. The zero-order valence-electron chi connectivity index (χ0n) is 14.0. The van der Waals surface area contributed by atoms with Crippen molar-refractivity contribution in [1.29, 1.82) is 0 Å². The van der Waals surface area contributed by atoms with Gasteiger partial charge in [0.05, 0.1) is 18.3 Å². The van der Waals surface area contributed by atoms with E-state index in [4.69, 9.17) is 0 Å². The summed E-state index contributed by atoms with van der Waals surface area (Å²) < 4.78 is 1.97. The number of β-amino-alcohol motifs (C(OH)–C–C–N with tert-alkyl or cyclic N) is 1. The van der Waals surface area contributed by atoms with E-state index in [9.17, 15) is 9.90 Å². The molecule has 1 aromatic carbocycles. The Morgan fingerprint density at radius 3 is 2.83 bits per heavy atom. The lowest BCUT2D eigenvalue weighted by Crippen LogP contribution is -2.49. The monoisotopic (exact) mass is 328 g/mol. The maximum atomic E-state index is 11.6. The van der Waals surface area contributed by atoms with Crippen LogP contribution in [0, 0.1) is 0 Å². The molecular formula is C18H24N4O2. The summed E-state index contributed by atoms with van der Waals surface area (Å²) in [4.78, 5) is 17.9. The lowest BCUT2D eigenvalue weighted by atomic mass is 9.89. The van der Waals surface area contributed by atoms with Gasteiger partial charge in [0.25, 0.3) is 0 Å². The summed E-state index contributed by atoms with van der Waals surface area (Å²) in [5.74, 6) is -0.107. The Morgan fingerprint density at radius 2 is 2.17 bits per heavy atom. The van der Waals surface area contributed by atoms with Gasteiger partial charge in [-0.1, -0.05) is 12.1 Å². The number of imidazole rings is 1. The lowest BCUT2D eigenvalue weighted by Gasteiger charge is -2.38. The van der Waals surface area contributed by atoms with Crippen LogP contribution in [0.5, 0.6) is 0 Å². The number of piperidine rings is 1. The topological polar surface area (TPSA) is 70.4 Å². The molecule has 0 spiro atoms. The molecule has 1 aliphatic rings. The number of aromatic nitrogens is 2. The molecule has 6 heteroatoms. The van der Waals surface area contributed by atoms with Gasteiger partial charge >= 0.3 is 0 Å². The molecule has 2 N–H and O–H groups in total. The zero-order valence-corrected chi connectivity index (χ0v) is 14.0. The van der Waals surface area contributed by atoms with Crippen LogP contribution in [0.2, 0.25) is 0 Å². The van der Waals surface area contributed by atoms with Crippen LogP contribution in [0.4, 0.5) is 0 Å². The van der Waals surface area contributed by atoms with Crippen LogP contribution in [-0.4, -0.2) is 51.2 Å². The Labute approximate surface area is 142 Å². The molecule has 1 fully saturated rings. The van der Waals surface area contributed by atoms with Crippen LogP contribution in [0.1, 0.15) is 24.8 Å². The van der Waals surface area contributed by atoms with Crippen LogP contribution in [0.15, 0.2) is 43.0 Å². The number of aliphatic hydroxyl groups is 1. The Morgan fingerprint density at radius 1 is 1.38 bits per heavy atom. The molecule has 0 aliphatic carbocycles. The summed E-state index contributed by atoms with van der Waals surface area (Å²) in [6, 6.07) is 8.33. The second kappa shape index (κ2) is 7.15. The van der Waals surface area contributed by atoms with Crippen molar-refractivity contribution in [2.75, 3.05) is 20.1 Å². The van der Waals surface area contributed by atoms with Gasteiger partial charge < -0.3 is 15.0 Å². The predicted molar refractivity (Wildman–Crippen MR) is 91.7 cm³/mol. The number of hydrogen-bond donors (Lipinski definition) is 2. The highest BCUT2D eigenvalue weighted by Crippen LogP contribution is 2.25. The summed E-state index contributed by atoms with van der Waals surface area (Å²) in [6.45, 7) is 2.25. The summed E-state index contributed by atoms with van der Waals surface area (Å²) in [5, 5.41) is 13.3. The summed E-state index contributed by atoms with van der Waals surface area (Å²) in [7, 11) is 1.61. The van der Waals surface area contributed by atoms with Gasteiger partial charge in [0, 0.05) is 38.2 Å². The van der Waals surface area contributed by atoms with Crippen LogP contribution >= 0.6 is 0 Å². The van der Waals surface area contributed by atoms with Gasteiger partial charge in [0.1, 0.15) is 0 Å². The zero-order chi connectivity index (χ0) is 17.0. The fourth-order valence-corrected chi connectivity index (χ4v) is 3.32. The van der Waals surface area contributed by atoms with E-state index in [1.165, 1.54) is 5.56 Å². The van der Waals surface area contributed by atoms with Crippen LogP contribution in [-0.2, 0) is 11.3 Å². The molecule has 1 aliphatic heterocycles. The molecular weight excluding hydrogens is 304 g/mol. The smallest absolute Gasteiger partial charge is 0.222 e. The molecule has 0 radical (unpaired) electrons. The molecule has 1 amide bonds. The van der Waals surface area contributed by atoms with Gasteiger partial charge in [-0.3, -0.25) is 9.69 Å². The number of carbonyl (C=O) groups is 1. The van der Waals surface area contributed by atoms with E-state index in [1.54, 1.807) is 19.6 Å². The Bertz CT molecular complexity index is 669. The highest BCUT2D eigenvalue weighted by Gasteiger charge is 2.34. The maximum absolute atomic E-state index is 11.6. The number of carbonyl (C=O) groups excluding carboxylic acids is 1. The van der Waals surface area contributed by atoms with Gasteiger partial charge in [-0.15, -0.1) is 0 Å². The minimum Gasteiger partial charge on any atom is -0.388 e. The van der Waals surface area contributed by atoms with Crippen molar-refractivity contribution >= 4 is 5.91 Å². The molecule has 24 heavy (non-hydrogen) atoms. The van der Waals surface area contributed by atoms with Gasteiger partial charge in [-0.2, -0.15) is 0 Å². The number of hydrogen-bond acceptors (Lipinski definition) is 4. The molecule has 1 aromatic heterocycles. The van der Waals surface area contributed by atoms with Crippen molar-refractivity contribution in [3.8, 4) is 5.69 Å². The Balaban J connectivity index is 1.62. The SMILES string of the molecule is CNC(=O)CC1(O)CCCN(Cc2ccc(-n3ccnc3)cc2)C1. The van der Waals surface area contributed by atoms with E-state index in [0.29, 0.717) is 13.0 Å². The van der Waals surface area contributed by atoms with E-state index < -0.39 is 5.60 Å². The molecule has 0 bridgehead atoms. The first kappa shape index (κ1) is 16.7. The van der Waals surface area contributed by atoms with Crippen molar-refractivity contribution in [1.82, 2.24) is 19.8 Å². The van der Waals surface area contributed by atoms with E-state index in [0.717, 1.165) is 25.2 Å². The van der Waals surface area contributed by atoms with Crippen molar-refractivity contribution < 1.29 is 9.90 Å². The fraction of sp³-hybridized carbons (Fsp3) is 0.444. The van der Waals surface area contributed by atoms with E-state index in [2.05, 4.69) is 39.5 Å². The summed E-state index contributed by atoms with van der Waals surface area (Å²) in [6.07, 6.45) is 7.20. The minimum atomic E-state index is -0.922. The second-order valence-corrected chi connectivity index (χ2v) is 6.52. The highest BCUT2D eigenvalue weighted by atomic mass is 16.3. The Hall–Kier alpha value is -2.18. The maximum Gasteiger partial charge on any atom is 0.222 e. The number of amides is 1. The third kappa shape index (κ3) is 4.01. The quantitative estimate of drug-likeness (QED) is 0.869. The number of nitrogens with zero attached hydrogens (tertiary/aromatic N) is 3. The average Bonchev–Trinajstić information content (AvgIpc) is 3.09. The van der Waals surface area contributed by atoms with Crippen LogP contribution in [0.25, 0.3) is 5.69 Å². The lowest BCUT2D eigenvalue weighted by molar-refractivity contribution is -0.128. The van der Waals surface area contributed by atoms with E-state index in [-0.39, 0.29) is 12.3 Å². The first-order valence-corrected chi connectivity index (χ1v) is 8.31. The number of benzene rings is 1. The van der Waals surface area contributed by atoms with Crippen LogP contribution in [0.3, 0.4) is 0 Å². The van der Waals surface area contributed by atoms with Gasteiger partial charge in [-0.25, -0.2) is 4.98 Å². The summed E-state index contributed by atoms with van der Waals surface area (Å²) >= 11 is 0. The minimum absolute atomic E-state index is 0.107. The van der Waals surface area contributed by atoms with Crippen molar-refractivity contribution in [2.45, 2.75) is 31.4 Å². The van der Waals surface area contributed by atoms with Gasteiger partial charge in [0.15, 0.2) is 0 Å². The summed E-state index contributed by atoms with van der Waals surface area (Å²) in [5.41, 5.74) is 1.35. The molecule has 1 saturated heterocycles. The molecule has 1 unspecified atom stereocenters. The van der Waals surface area contributed by atoms with Crippen molar-refractivity contribution in [3.05, 3.63) is 48.5 Å².